The maximum absolute atomic E-state index is 4.72. The van der Waals surface area contributed by atoms with Crippen molar-refractivity contribution in [2.75, 3.05) is 5.32 Å². The molecular weight excluding hydrogens is 266 g/mol. The number of hydrogen-bond donors (Lipinski definition) is 1. The van der Waals surface area contributed by atoms with E-state index < -0.39 is 0 Å². The normalized spacial score (nSPS) is 14.6. The van der Waals surface area contributed by atoms with Gasteiger partial charge >= 0.3 is 0 Å². The Kier molecular flexibility index (Phi) is 2.70. The first-order chi connectivity index (χ1) is 10.3. The molecule has 0 saturated carbocycles. The maximum Gasteiger partial charge on any atom is 0.198 e. The molecular formula is C14H15N7. The highest BCUT2D eigenvalue weighted by Crippen LogP contribution is 2.28. The molecule has 1 N–H and O–H groups in total. The molecule has 1 aliphatic carbocycles. The number of aryl methyl sites for hydroxylation is 1. The number of nitrogens with one attached hydrogen (secondary N) is 1. The number of aromatic nitrogens is 6. The summed E-state index contributed by atoms with van der Waals surface area (Å²) < 4.78 is 3.51. The van der Waals surface area contributed by atoms with E-state index in [4.69, 9.17) is 4.98 Å². The molecule has 0 aliphatic heterocycles. The summed E-state index contributed by atoms with van der Waals surface area (Å²) in [6, 6.07) is 0. The third-order valence-electron chi connectivity index (χ3n) is 3.60. The third-order valence-corrected chi connectivity index (χ3v) is 3.60. The second kappa shape index (κ2) is 4.69. The van der Waals surface area contributed by atoms with Gasteiger partial charge in [0.05, 0.1) is 23.8 Å². The summed E-state index contributed by atoms with van der Waals surface area (Å²) in [4.78, 5) is 8.99. The zero-order chi connectivity index (χ0) is 14.2. The van der Waals surface area contributed by atoms with Crippen LogP contribution in [0.3, 0.4) is 0 Å². The molecule has 3 aromatic rings. The van der Waals surface area contributed by atoms with Crippen molar-refractivity contribution in [1.82, 2.24) is 29.4 Å². The SMILES string of the molecule is Cn1cc(Nc2nc(C3=CCCC3)cn3ncnc23)cn1. The van der Waals surface area contributed by atoms with Crippen LogP contribution in [0.4, 0.5) is 11.5 Å². The molecule has 7 heteroatoms. The average molecular weight is 281 g/mol. The van der Waals surface area contributed by atoms with Gasteiger partial charge in [-0.15, -0.1) is 0 Å². The highest BCUT2D eigenvalue weighted by Gasteiger charge is 2.14. The van der Waals surface area contributed by atoms with Crippen LogP contribution in [0.2, 0.25) is 0 Å². The minimum atomic E-state index is 0.700. The molecule has 0 radical (unpaired) electrons. The first-order valence-corrected chi connectivity index (χ1v) is 6.95. The van der Waals surface area contributed by atoms with Crippen molar-refractivity contribution in [3.8, 4) is 0 Å². The molecule has 3 aromatic heterocycles. The molecule has 0 unspecified atom stereocenters. The molecule has 0 aromatic carbocycles. The van der Waals surface area contributed by atoms with Crippen LogP contribution in [0.15, 0.2) is 31.0 Å². The fraction of sp³-hybridized carbons (Fsp3) is 0.286. The van der Waals surface area contributed by atoms with E-state index in [1.54, 1.807) is 15.4 Å². The molecule has 3 heterocycles. The first-order valence-electron chi connectivity index (χ1n) is 6.95. The van der Waals surface area contributed by atoms with Gasteiger partial charge in [0.25, 0.3) is 0 Å². The van der Waals surface area contributed by atoms with Gasteiger partial charge in [-0.1, -0.05) is 6.08 Å². The first kappa shape index (κ1) is 12.1. The fourth-order valence-corrected chi connectivity index (χ4v) is 2.59. The summed E-state index contributed by atoms with van der Waals surface area (Å²) >= 11 is 0. The van der Waals surface area contributed by atoms with Crippen LogP contribution in [0, 0.1) is 0 Å². The quantitative estimate of drug-likeness (QED) is 0.796. The Labute approximate surface area is 121 Å². The number of hydrogen-bond acceptors (Lipinski definition) is 5. The van der Waals surface area contributed by atoms with E-state index in [0.717, 1.165) is 24.2 Å². The maximum atomic E-state index is 4.72. The zero-order valence-electron chi connectivity index (χ0n) is 11.7. The summed E-state index contributed by atoms with van der Waals surface area (Å²) in [7, 11) is 1.88. The summed E-state index contributed by atoms with van der Waals surface area (Å²) in [6.45, 7) is 0. The van der Waals surface area contributed by atoms with Gasteiger partial charge in [0.2, 0.25) is 0 Å². The van der Waals surface area contributed by atoms with E-state index in [9.17, 15) is 0 Å². The van der Waals surface area contributed by atoms with Crippen molar-refractivity contribution in [3.05, 3.63) is 36.7 Å². The van der Waals surface area contributed by atoms with Gasteiger partial charge in [-0.05, 0) is 24.8 Å². The molecule has 106 valence electrons. The molecule has 0 amide bonds. The van der Waals surface area contributed by atoms with Gasteiger partial charge in [-0.2, -0.15) is 10.2 Å². The molecule has 0 atom stereocenters. The lowest BCUT2D eigenvalue weighted by molar-refractivity contribution is 0.768. The van der Waals surface area contributed by atoms with Crippen LogP contribution in [-0.4, -0.2) is 29.4 Å². The average Bonchev–Trinajstić information content (AvgIpc) is 3.18. The van der Waals surface area contributed by atoms with Gasteiger partial charge in [0, 0.05) is 13.2 Å². The molecule has 0 fully saturated rings. The predicted octanol–water partition coefficient (Wildman–Crippen LogP) is 2.17. The second-order valence-electron chi connectivity index (χ2n) is 5.15. The Morgan fingerprint density at radius 1 is 1.24 bits per heavy atom. The topological polar surface area (TPSA) is 72.9 Å². The van der Waals surface area contributed by atoms with Crippen molar-refractivity contribution >= 4 is 22.7 Å². The highest BCUT2D eigenvalue weighted by atomic mass is 15.3. The van der Waals surface area contributed by atoms with Gasteiger partial charge < -0.3 is 5.32 Å². The minimum Gasteiger partial charge on any atom is -0.334 e. The van der Waals surface area contributed by atoms with Crippen LogP contribution in [0.25, 0.3) is 11.2 Å². The Bertz CT molecular complexity index is 827. The molecule has 0 bridgehead atoms. The Hall–Kier alpha value is -2.70. The largest absolute Gasteiger partial charge is 0.334 e. The zero-order valence-corrected chi connectivity index (χ0v) is 11.7. The lowest BCUT2D eigenvalue weighted by Gasteiger charge is -2.08. The smallest absolute Gasteiger partial charge is 0.198 e. The summed E-state index contributed by atoms with van der Waals surface area (Å²) in [5.74, 6) is 0.700. The van der Waals surface area contributed by atoms with Gasteiger partial charge in [0.15, 0.2) is 11.5 Å². The van der Waals surface area contributed by atoms with Crippen molar-refractivity contribution in [3.63, 3.8) is 0 Å². The summed E-state index contributed by atoms with van der Waals surface area (Å²) in [6.07, 6.45) is 12.8. The molecule has 0 spiro atoms. The Morgan fingerprint density at radius 2 is 2.19 bits per heavy atom. The van der Waals surface area contributed by atoms with E-state index >= 15 is 0 Å². The Morgan fingerprint density at radius 3 is 2.95 bits per heavy atom. The van der Waals surface area contributed by atoms with Crippen LogP contribution in [0.1, 0.15) is 25.0 Å². The highest BCUT2D eigenvalue weighted by molar-refractivity contribution is 5.73. The van der Waals surface area contributed by atoms with Crippen molar-refractivity contribution in [2.45, 2.75) is 19.3 Å². The molecule has 4 rings (SSSR count). The Balaban J connectivity index is 1.80. The number of allylic oxidation sites excluding steroid dienone is 2. The van der Waals surface area contributed by atoms with E-state index in [1.165, 1.54) is 18.3 Å². The number of nitrogens with zero attached hydrogens (tertiary/aromatic N) is 6. The number of fused-ring (bicyclic) bond motifs is 1. The van der Waals surface area contributed by atoms with Gasteiger partial charge in [-0.3, -0.25) is 4.68 Å². The van der Waals surface area contributed by atoms with Crippen LogP contribution >= 0.6 is 0 Å². The fourth-order valence-electron chi connectivity index (χ4n) is 2.59. The summed E-state index contributed by atoms with van der Waals surface area (Å²) in [5, 5.41) is 11.7. The van der Waals surface area contributed by atoms with E-state index in [1.807, 2.05) is 19.4 Å². The predicted molar refractivity (Wildman–Crippen MR) is 79.1 cm³/mol. The standard InChI is InChI=1S/C14H15N7/c1-20-7-11(6-16-20)18-13-14-15-9-17-21(14)8-12(19-13)10-4-2-3-5-10/h4,6-9H,2-3,5H2,1H3,(H,18,19). The van der Waals surface area contributed by atoms with Crippen molar-refractivity contribution < 1.29 is 0 Å². The minimum absolute atomic E-state index is 0.700. The van der Waals surface area contributed by atoms with Crippen molar-refractivity contribution in [2.24, 2.45) is 7.05 Å². The molecule has 21 heavy (non-hydrogen) atoms. The van der Waals surface area contributed by atoms with Crippen molar-refractivity contribution in [1.29, 1.82) is 0 Å². The third kappa shape index (κ3) is 2.16. The van der Waals surface area contributed by atoms with E-state index in [0.29, 0.717) is 11.5 Å². The lowest BCUT2D eigenvalue weighted by atomic mass is 10.2. The number of anilines is 2. The lowest BCUT2D eigenvalue weighted by Crippen LogP contribution is -2.02. The summed E-state index contributed by atoms with van der Waals surface area (Å²) in [5.41, 5.74) is 3.83. The van der Waals surface area contributed by atoms with Crippen LogP contribution in [0.5, 0.6) is 0 Å². The second-order valence-corrected chi connectivity index (χ2v) is 5.15. The van der Waals surface area contributed by atoms with Crippen LogP contribution in [-0.2, 0) is 7.05 Å². The van der Waals surface area contributed by atoms with Gasteiger partial charge in [0.1, 0.15) is 6.33 Å². The molecule has 0 saturated heterocycles. The van der Waals surface area contributed by atoms with E-state index in [2.05, 4.69) is 26.6 Å². The van der Waals surface area contributed by atoms with Crippen LogP contribution < -0.4 is 5.32 Å². The molecule has 1 aliphatic rings. The number of rotatable bonds is 3. The van der Waals surface area contributed by atoms with E-state index in [-0.39, 0.29) is 0 Å². The molecule has 7 nitrogen and oxygen atoms in total. The monoisotopic (exact) mass is 281 g/mol. The van der Waals surface area contributed by atoms with Gasteiger partial charge in [-0.25, -0.2) is 14.5 Å².